The van der Waals surface area contributed by atoms with Crippen LogP contribution in [0.4, 0.5) is 4.79 Å². The van der Waals surface area contributed by atoms with E-state index in [2.05, 4.69) is 10.3 Å². The third-order valence-corrected chi connectivity index (χ3v) is 6.17. The molecular weight excluding hydrogens is 398 g/mol. The number of carbonyl (C=O) groups is 1. The van der Waals surface area contributed by atoms with E-state index < -0.39 is 0 Å². The summed E-state index contributed by atoms with van der Waals surface area (Å²) in [4.78, 5) is 19.5. The van der Waals surface area contributed by atoms with Crippen LogP contribution in [0.1, 0.15) is 29.5 Å². The molecular formula is C23H25N3O3S. The first-order valence-corrected chi connectivity index (χ1v) is 10.8. The highest BCUT2D eigenvalue weighted by Gasteiger charge is 2.32. The molecule has 1 aliphatic rings. The summed E-state index contributed by atoms with van der Waals surface area (Å²) in [7, 11) is 3.27. The minimum Gasteiger partial charge on any atom is -0.497 e. The molecule has 2 amide bonds. The molecule has 1 atom stereocenters. The maximum Gasteiger partial charge on any atom is 0.318 e. The zero-order chi connectivity index (χ0) is 20.9. The molecule has 1 unspecified atom stereocenters. The molecule has 0 bridgehead atoms. The highest BCUT2D eigenvalue weighted by atomic mass is 32.1. The van der Waals surface area contributed by atoms with Gasteiger partial charge in [-0.3, -0.25) is 0 Å². The van der Waals surface area contributed by atoms with E-state index in [1.165, 1.54) is 0 Å². The molecule has 1 aliphatic heterocycles. The van der Waals surface area contributed by atoms with Gasteiger partial charge < -0.3 is 19.7 Å². The lowest BCUT2D eigenvalue weighted by molar-refractivity contribution is 0.191. The highest BCUT2D eigenvalue weighted by molar-refractivity contribution is 7.09. The largest absolute Gasteiger partial charge is 0.497 e. The number of aromatic nitrogens is 1. The molecule has 1 saturated heterocycles. The number of hydrogen-bond acceptors (Lipinski definition) is 5. The Morgan fingerprint density at radius 3 is 2.80 bits per heavy atom. The molecule has 0 aliphatic carbocycles. The van der Waals surface area contributed by atoms with Crippen molar-refractivity contribution in [3.05, 3.63) is 64.5 Å². The lowest BCUT2D eigenvalue weighted by Crippen LogP contribution is -2.39. The predicted molar refractivity (Wildman–Crippen MR) is 118 cm³/mol. The van der Waals surface area contributed by atoms with Crippen molar-refractivity contribution in [2.24, 2.45) is 0 Å². The number of rotatable bonds is 6. The van der Waals surface area contributed by atoms with Crippen molar-refractivity contribution in [3.8, 4) is 22.8 Å². The number of amides is 2. The number of urea groups is 1. The smallest absolute Gasteiger partial charge is 0.318 e. The molecule has 2 aromatic carbocycles. The van der Waals surface area contributed by atoms with Gasteiger partial charge in [0.15, 0.2) is 0 Å². The Hall–Kier alpha value is -3.06. The third kappa shape index (κ3) is 4.26. The maximum atomic E-state index is 12.9. The lowest BCUT2D eigenvalue weighted by atomic mass is 10.0. The van der Waals surface area contributed by atoms with Gasteiger partial charge in [0.25, 0.3) is 0 Å². The molecule has 7 heteroatoms. The summed E-state index contributed by atoms with van der Waals surface area (Å²) in [5.41, 5.74) is 3.02. The molecule has 6 nitrogen and oxygen atoms in total. The monoisotopic (exact) mass is 423 g/mol. The fourth-order valence-electron chi connectivity index (χ4n) is 3.81. The van der Waals surface area contributed by atoms with E-state index in [0.717, 1.165) is 52.7 Å². The van der Waals surface area contributed by atoms with Gasteiger partial charge in [0.2, 0.25) is 0 Å². The van der Waals surface area contributed by atoms with Crippen LogP contribution in [-0.2, 0) is 6.54 Å². The van der Waals surface area contributed by atoms with Gasteiger partial charge in [-0.15, -0.1) is 11.3 Å². The molecule has 1 aromatic heterocycles. The van der Waals surface area contributed by atoms with E-state index in [1.54, 1.807) is 25.6 Å². The topological polar surface area (TPSA) is 63.7 Å². The maximum absolute atomic E-state index is 12.9. The lowest BCUT2D eigenvalue weighted by Gasteiger charge is -2.26. The summed E-state index contributed by atoms with van der Waals surface area (Å²) < 4.78 is 10.8. The number of carbonyl (C=O) groups excluding carboxylic acids is 1. The summed E-state index contributed by atoms with van der Waals surface area (Å²) in [6.45, 7) is 1.14. The van der Waals surface area contributed by atoms with E-state index in [1.807, 2.05) is 58.8 Å². The van der Waals surface area contributed by atoms with Crippen LogP contribution in [0.3, 0.4) is 0 Å². The quantitative estimate of drug-likeness (QED) is 0.614. The average Bonchev–Trinajstić information content (AvgIpc) is 3.47. The number of nitrogens with zero attached hydrogens (tertiary/aromatic N) is 2. The molecule has 4 rings (SSSR count). The van der Waals surface area contributed by atoms with Crippen LogP contribution in [0.5, 0.6) is 11.5 Å². The first-order chi connectivity index (χ1) is 14.7. The van der Waals surface area contributed by atoms with E-state index in [4.69, 9.17) is 9.47 Å². The Balaban J connectivity index is 1.43. The second-order valence-electron chi connectivity index (χ2n) is 7.11. The highest BCUT2D eigenvalue weighted by Crippen LogP contribution is 2.38. The van der Waals surface area contributed by atoms with Gasteiger partial charge in [0.05, 0.1) is 32.5 Å². The average molecular weight is 424 g/mol. The van der Waals surface area contributed by atoms with Crippen molar-refractivity contribution >= 4 is 17.4 Å². The fourth-order valence-corrected chi connectivity index (χ4v) is 4.56. The number of thiazole rings is 1. The predicted octanol–water partition coefficient (Wildman–Crippen LogP) is 4.87. The van der Waals surface area contributed by atoms with Crippen LogP contribution in [0, 0.1) is 0 Å². The molecule has 0 saturated carbocycles. The van der Waals surface area contributed by atoms with E-state index >= 15 is 0 Å². The van der Waals surface area contributed by atoms with Gasteiger partial charge in [-0.2, -0.15) is 0 Å². The summed E-state index contributed by atoms with van der Waals surface area (Å²) in [6.07, 6.45) is 1.87. The number of hydrogen-bond donors (Lipinski definition) is 1. The van der Waals surface area contributed by atoms with E-state index in [-0.39, 0.29) is 12.1 Å². The summed E-state index contributed by atoms with van der Waals surface area (Å²) >= 11 is 1.56. The number of ether oxygens (including phenoxy) is 2. The first-order valence-electron chi connectivity index (χ1n) is 9.96. The van der Waals surface area contributed by atoms with Crippen molar-refractivity contribution in [2.45, 2.75) is 25.4 Å². The number of likely N-dealkylation sites (tertiary alicyclic amines) is 1. The number of methoxy groups -OCH3 is 2. The molecule has 156 valence electrons. The SMILES string of the molecule is COc1ccc(C2CCCN2C(=O)NCc2nc(-c3ccccc3)cs2)c(OC)c1. The van der Waals surface area contributed by atoms with Crippen molar-refractivity contribution < 1.29 is 14.3 Å². The Morgan fingerprint density at radius 2 is 2.03 bits per heavy atom. The molecule has 1 fully saturated rings. The summed E-state index contributed by atoms with van der Waals surface area (Å²) in [6, 6.07) is 15.7. The van der Waals surface area contributed by atoms with Gasteiger partial charge in [-0.05, 0) is 25.0 Å². The molecule has 30 heavy (non-hydrogen) atoms. The van der Waals surface area contributed by atoms with E-state index in [0.29, 0.717) is 6.54 Å². The first kappa shape index (κ1) is 20.2. The van der Waals surface area contributed by atoms with Crippen LogP contribution >= 0.6 is 11.3 Å². The number of nitrogens with one attached hydrogen (secondary N) is 1. The normalized spacial score (nSPS) is 15.8. The van der Waals surface area contributed by atoms with Gasteiger partial charge >= 0.3 is 6.03 Å². The van der Waals surface area contributed by atoms with Crippen LogP contribution in [0.25, 0.3) is 11.3 Å². The third-order valence-electron chi connectivity index (χ3n) is 5.33. The fraction of sp³-hybridized carbons (Fsp3) is 0.304. The standard InChI is InChI=1S/C23H25N3O3S/c1-28-17-10-11-18(21(13-17)29-2)20-9-6-12-26(20)23(27)24-14-22-25-19(15-30-22)16-7-4-3-5-8-16/h3-5,7-8,10-11,13,15,20H,6,9,12,14H2,1-2H3,(H,24,27). The minimum atomic E-state index is -0.0770. The van der Waals surface area contributed by atoms with Crippen molar-refractivity contribution in [1.29, 1.82) is 0 Å². The van der Waals surface area contributed by atoms with Gasteiger partial charge in [0.1, 0.15) is 16.5 Å². The second-order valence-corrected chi connectivity index (χ2v) is 8.05. The summed E-state index contributed by atoms with van der Waals surface area (Å²) in [5.74, 6) is 1.48. The molecule has 0 radical (unpaired) electrons. The zero-order valence-electron chi connectivity index (χ0n) is 17.1. The minimum absolute atomic E-state index is 0.0120. The van der Waals surface area contributed by atoms with Crippen LogP contribution in [0.15, 0.2) is 53.9 Å². The Bertz CT molecular complexity index is 1010. The molecule has 3 aromatic rings. The van der Waals surface area contributed by atoms with Gasteiger partial charge in [-0.25, -0.2) is 9.78 Å². The van der Waals surface area contributed by atoms with E-state index in [9.17, 15) is 4.79 Å². The molecule has 2 heterocycles. The van der Waals surface area contributed by atoms with Crippen LogP contribution in [-0.4, -0.2) is 36.7 Å². The summed E-state index contributed by atoms with van der Waals surface area (Å²) in [5, 5.41) is 5.95. The van der Waals surface area contributed by atoms with Crippen molar-refractivity contribution in [1.82, 2.24) is 15.2 Å². The molecule has 0 spiro atoms. The van der Waals surface area contributed by atoms with Gasteiger partial charge in [0, 0.05) is 29.1 Å². The Morgan fingerprint density at radius 1 is 1.20 bits per heavy atom. The second kappa shape index (κ2) is 9.17. The van der Waals surface area contributed by atoms with Crippen LogP contribution in [0.2, 0.25) is 0 Å². The Kier molecular flexibility index (Phi) is 6.18. The molecule has 1 N–H and O–H groups in total. The number of benzene rings is 2. The van der Waals surface area contributed by atoms with Crippen molar-refractivity contribution in [2.75, 3.05) is 20.8 Å². The zero-order valence-corrected chi connectivity index (χ0v) is 17.9. The van der Waals surface area contributed by atoms with Crippen molar-refractivity contribution in [3.63, 3.8) is 0 Å². The van der Waals surface area contributed by atoms with Gasteiger partial charge in [-0.1, -0.05) is 30.3 Å². The van der Waals surface area contributed by atoms with Crippen LogP contribution < -0.4 is 14.8 Å². The Labute approximate surface area is 180 Å².